The molecule has 0 saturated carbocycles. The Morgan fingerprint density at radius 3 is 2.48 bits per heavy atom. The summed E-state index contributed by atoms with van der Waals surface area (Å²) < 4.78 is 45.2. The lowest BCUT2D eigenvalue weighted by atomic mass is 9.97. The van der Waals surface area contributed by atoms with Crippen molar-refractivity contribution in [2.24, 2.45) is 5.92 Å². The lowest BCUT2D eigenvalue weighted by Gasteiger charge is -2.25. The second-order valence-corrected chi connectivity index (χ2v) is 6.00. The molecule has 152 valence electrons. The van der Waals surface area contributed by atoms with Crippen LogP contribution >= 0.6 is 12.4 Å². The first-order chi connectivity index (χ1) is 12.3. The van der Waals surface area contributed by atoms with Gasteiger partial charge < -0.3 is 20.1 Å². The third-order valence-corrected chi connectivity index (χ3v) is 4.10. The van der Waals surface area contributed by atoms with E-state index in [1.807, 2.05) is 0 Å². The molecule has 0 bridgehead atoms. The van der Waals surface area contributed by atoms with Crippen LogP contribution in [0.1, 0.15) is 30.9 Å². The van der Waals surface area contributed by atoms with Crippen molar-refractivity contribution in [3.05, 3.63) is 29.8 Å². The maximum absolute atomic E-state index is 12.4. The minimum Gasteiger partial charge on any atom is -0.469 e. The van der Waals surface area contributed by atoms with Crippen molar-refractivity contribution in [3.63, 3.8) is 0 Å². The van der Waals surface area contributed by atoms with Gasteiger partial charge in [0.05, 0.1) is 25.5 Å². The molecule has 0 aromatic heterocycles. The van der Waals surface area contributed by atoms with Crippen LogP contribution in [-0.2, 0) is 14.3 Å². The van der Waals surface area contributed by atoms with Crippen molar-refractivity contribution in [1.29, 1.82) is 0 Å². The summed E-state index contributed by atoms with van der Waals surface area (Å²) in [6, 6.07) is 4.35. The number of ether oxygens (including phenoxy) is 2. The number of amides is 1. The molecule has 1 amide bonds. The van der Waals surface area contributed by atoms with E-state index in [1.165, 1.54) is 19.2 Å². The fraction of sp³-hybridized carbons (Fsp3) is 0.529. The summed E-state index contributed by atoms with van der Waals surface area (Å²) in [4.78, 5) is 24.1. The molecular weight excluding hydrogens is 389 g/mol. The van der Waals surface area contributed by atoms with Crippen molar-refractivity contribution in [3.8, 4) is 5.75 Å². The van der Waals surface area contributed by atoms with Crippen LogP contribution in [0.5, 0.6) is 5.75 Å². The van der Waals surface area contributed by atoms with Crippen LogP contribution in [0.2, 0.25) is 0 Å². The van der Waals surface area contributed by atoms with E-state index in [2.05, 4.69) is 20.1 Å². The van der Waals surface area contributed by atoms with Gasteiger partial charge in [-0.15, -0.1) is 25.6 Å². The van der Waals surface area contributed by atoms with Gasteiger partial charge in [0.1, 0.15) is 5.75 Å². The molecule has 1 heterocycles. The Morgan fingerprint density at radius 2 is 1.96 bits per heavy atom. The van der Waals surface area contributed by atoms with Crippen LogP contribution in [0.25, 0.3) is 0 Å². The number of alkyl halides is 3. The van der Waals surface area contributed by atoms with Crippen LogP contribution in [0.15, 0.2) is 24.3 Å². The van der Waals surface area contributed by atoms with Crippen LogP contribution in [-0.4, -0.2) is 38.4 Å². The number of carbonyl (C=O) groups excluding carboxylic acids is 2. The highest BCUT2D eigenvalue weighted by atomic mass is 35.5. The van der Waals surface area contributed by atoms with Gasteiger partial charge in [0.15, 0.2) is 0 Å². The van der Waals surface area contributed by atoms with E-state index in [0.29, 0.717) is 12.1 Å². The highest BCUT2D eigenvalue weighted by Gasteiger charge is 2.31. The molecule has 27 heavy (non-hydrogen) atoms. The molecule has 10 heteroatoms. The Hall–Kier alpha value is -2.00. The second kappa shape index (κ2) is 10.4. The zero-order chi connectivity index (χ0) is 19.2. The molecule has 1 fully saturated rings. The summed E-state index contributed by atoms with van der Waals surface area (Å²) in [6.07, 6.45) is -3.29. The monoisotopic (exact) mass is 410 g/mol. The molecule has 1 saturated heterocycles. The predicted octanol–water partition coefficient (Wildman–Crippen LogP) is 2.73. The molecule has 1 aromatic carbocycles. The number of benzene rings is 1. The summed E-state index contributed by atoms with van der Waals surface area (Å²) >= 11 is 0. The molecule has 1 aliphatic rings. The van der Waals surface area contributed by atoms with E-state index in [1.54, 1.807) is 0 Å². The third-order valence-electron chi connectivity index (χ3n) is 4.10. The van der Waals surface area contributed by atoms with E-state index >= 15 is 0 Å². The number of carbonyl (C=O) groups is 2. The predicted molar refractivity (Wildman–Crippen MR) is 93.5 cm³/mol. The van der Waals surface area contributed by atoms with Crippen molar-refractivity contribution in [2.75, 3.05) is 20.2 Å². The number of methoxy groups -OCH3 is 1. The van der Waals surface area contributed by atoms with Crippen molar-refractivity contribution >= 4 is 24.3 Å². The van der Waals surface area contributed by atoms with E-state index in [9.17, 15) is 22.8 Å². The average Bonchev–Trinajstić information content (AvgIpc) is 2.61. The van der Waals surface area contributed by atoms with Gasteiger partial charge in [-0.25, -0.2) is 0 Å². The van der Waals surface area contributed by atoms with Crippen molar-refractivity contribution < 1.29 is 32.2 Å². The van der Waals surface area contributed by atoms with Crippen LogP contribution in [0, 0.1) is 5.92 Å². The number of hydrogen-bond donors (Lipinski definition) is 2. The minimum atomic E-state index is -4.78. The Bertz CT molecular complexity index is 620. The van der Waals surface area contributed by atoms with Gasteiger partial charge in [-0.2, -0.15) is 0 Å². The fourth-order valence-electron chi connectivity index (χ4n) is 2.77. The first-order valence-electron chi connectivity index (χ1n) is 8.22. The SMILES string of the molecule is COC(=O)CC(NC(=O)C1CCCNC1)c1ccc(OC(F)(F)F)cc1.Cl. The molecule has 1 aliphatic heterocycles. The standard InChI is InChI=1S/C17H21F3N2O4.ClH/c1-25-15(23)9-14(22-16(24)12-3-2-8-21-10-12)11-4-6-13(7-5-11)26-17(18,19)20;/h4-7,12,14,21H,2-3,8-10H2,1H3,(H,22,24);1H. The summed E-state index contributed by atoms with van der Waals surface area (Å²) in [5.41, 5.74) is 0.488. The van der Waals surface area contributed by atoms with Crippen LogP contribution in [0.3, 0.4) is 0 Å². The fourth-order valence-corrected chi connectivity index (χ4v) is 2.77. The second-order valence-electron chi connectivity index (χ2n) is 6.00. The third kappa shape index (κ3) is 7.64. The Balaban J connectivity index is 0.00000364. The molecule has 2 unspecified atom stereocenters. The van der Waals surface area contributed by atoms with E-state index in [4.69, 9.17) is 0 Å². The quantitative estimate of drug-likeness (QED) is 0.705. The molecule has 0 aliphatic carbocycles. The van der Waals surface area contributed by atoms with Crippen LogP contribution < -0.4 is 15.4 Å². The molecule has 1 aromatic rings. The number of rotatable bonds is 6. The van der Waals surface area contributed by atoms with Crippen LogP contribution in [0.4, 0.5) is 13.2 Å². The van der Waals surface area contributed by atoms with Gasteiger partial charge in [0, 0.05) is 6.54 Å². The Kier molecular flexibility index (Phi) is 8.84. The molecule has 2 rings (SSSR count). The largest absolute Gasteiger partial charge is 0.573 e. The molecule has 0 radical (unpaired) electrons. The lowest BCUT2D eigenvalue weighted by molar-refractivity contribution is -0.274. The smallest absolute Gasteiger partial charge is 0.469 e. The highest BCUT2D eigenvalue weighted by Crippen LogP contribution is 2.26. The Labute approximate surface area is 161 Å². The van der Waals surface area contributed by atoms with Gasteiger partial charge in [0.25, 0.3) is 0 Å². The average molecular weight is 411 g/mol. The maximum atomic E-state index is 12.4. The van der Waals surface area contributed by atoms with Gasteiger partial charge in [-0.3, -0.25) is 9.59 Å². The topological polar surface area (TPSA) is 76.7 Å². The van der Waals surface area contributed by atoms with Gasteiger partial charge in [0.2, 0.25) is 5.91 Å². The summed E-state index contributed by atoms with van der Waals surface area (Å²) in [5, 5.41) is 5.93. The van der Waals surface area contributed by atoms with Crippen molar-refractivity contribution in [1.82, 2.24) is 10.6 Å². The minimum absolute atomic E-state index is 0. The van der Waals surface area contributed by atoms with Crippen molar-refractivity contribution in [2.45, 2.75) is 31.7 Å². The van der Waals surface area contributed by atoms with E-state index in [0.717, 1.165) is 31.5 Å². The van der Waals surface area contributed by atoms with Gasteiger partial charge in [-0.05, 0) is 37.1 Å². The summed E-state index contributed by atoms with van der Waals surface area (Å²) in [5.74, 6) is -1.33. The zero-order valence-corrected chi connectivity index (χ0v) is 15.5. The van der Waals surface area contributed by atoms with Gasteiger partial charge >= 0.3 is 12.3 Å². The van der Waals surface area contributed by atoms with Gasteiger partial charge in [-0.1, -0.05) is 12.1 Å². The Morgan fingerprint density at radius 1 is 1.30 bits per heavy atom. The zero-order valence-electron chi connectivity index (χ0n) is 14.7. The summed E-state index contributed by atoms with van der Waals surface area (Å²) in [7, 11) is 1.23. The summed E-state index contributed by atoms with van der Waals surface area (Å²) in [6.45, 7) is 1.41. The lowest BCUT2D eigenvalue weighted by Crippen LogP contribution is -2.42. The highest BCUT2D eigenvalue weighted by molar-refractivity contribution is 5.85. The first kappa shape index (κ1) is 23.0. The molecule has 2 atom stereocenters. The number of halogens is 4. The number of esters is 1. The molecule has 0 spiro atoms. The molecular formula is C17H22ClF3N2O4. The number of nitrogens with one attached hydrogen (secondary N) is 2. The normalized spacial score (nSPS) is 18.0. The number of hydrogen-bond acceptors (Lipinski definition) is 5. The van der Waals surface area contributed by atoms with E-state index < -0.39 is 18.4 Å². The molecule has 2 N–H and O–H groups in total. The maximum Gasteiger partial charge on any atom is 0.573 e. The van der Waals surface area contributed by atoms with E-state index in [-0.39, 0.29) is 36.4 Å². The number of piperidine rings is 1. The first-order valence-corrected chi connectivity index (χ1v) is 8.22. The molecule has 6 nitrogen and oxygen atoms in total.